The van der Waals surface area contributed by atoms with Gasteiger partial charge in [-0.1, -0.05) is 0 Å². The van der Waals surface area contributed by atoms with Crippen LogP contribution in [0, 0.1) is 0 Å². The van der Waals surface area contributed by atoms with Gasteiger partial charge in [0, 0.05) is 23.3 Å². The van der Waals surface area contributed by atoms with Crippen LogP contribution in [0.4, 0.5) is 0 Å². The number of aliphatic hydroxyl groups is 2. The van der Waals surface area contributed by atoms with Gasteiger partial charge in [-0.15, -0.1) is 0 Å². The predicted molar refractivity (Wildman–Crippen MR) is 86.5 cm³/mol. The van der Waals surface area contributed by atoms with Gasteiger partial charge in [-0.3, -0.25) is 0 Å². The first-order valence-electron chi connectivity index (χ1n) is 7.76. The van der Waals surface area contributed by atoms with Crippen molar-refractivity contribution in [1.82, 2.24) is 0 Å². The van der Waals surface area contributed by atoms with Crippen LogP contribution in [-0.4, -0.2) is 37.8 Å². The molecule has 2 atom stereocenters. The van der Waals surface area contributed by atoms with Crippen LogP contribution in [0.5, 0.6) is 28.7 Å². The molecule has 2 N–H and O–H groups in total. The maximum Gasteiger partial charge on any atom is 0.231 e. The average molecular weight is 346 g/mol. The highest BCUT2D eigenvalue weighted by molar-refractivity contribution is 5.56. The van der Waals surface area contributed by atoms with Gasteiger partial charge < -0.3 is 33.9 Å². The van der Waals surface area contributed by atoms with Crippen LogP contribution < -0.4 is 23.7 Å². The molecule has 0 saturated heterocycles. The minimum Gasteiger partial charge on any atom is -0.497 e. The molecule has 25 heavy (non-hydrogen) atoms. The second kappa shape index (κ2) is 5.72. The van der Waals surface area contributed by atoms with Crippen molar-refractivity contribution >= 4 is 0 Å². The fourth-order valence-corrected chi connectivity index (χ4v) is 3.17. The zero-order valence-electron chi connectivity index (χ0n) is 13.8. The third-order valence-corrected chi connectivity index (χ3v) is 4.58. The van der Waals surface area contributed by atoms with E-state index in [0.717, 1.165) is 0 Å². The molecule has 0 aromatic heterocycles. The van der Waals surface area contributed by atoms with Gasteiger partial charge in [0.05, 0.1) is 14.2 Å². The Kier molecular flexibility index (Phi) is 3.63. The number of aliphatic hydroxyl groups excluding tert-OH is 1. The lowest BCUT2D eigenvalue weighted by Gasteiger charge is -2.38. The molecular formula is C18H18O7. The lowest BCUT2D eigenvalue weighted by atomic mass is 9.82. The van der Waals surface area contributed by atoms with Crippen molar-refractivity contribution in [1.29, 1.82) is 0 Å². The quantitative estimate of drug-likeness (QED) is 0.875. The van der Waals surface area contributed by atoms with Crippen LogP contribution in [0.3, 0.4) is 0 Å². The Balaban J connectivity index is 1.80. The SMILES string of the molecule is COc1ccc2c(c1)OCC(O)(c1cc3c(cc1OC)OCO3)C2O. The van der Waals surface area contributed by atoms with E-state index in [1.165, 1.54) is 7.11 Å². The Bertz CT molecular complexity index is 819. The maximum atomic E-state index is 11.2. The van der Waals surface area contributed by atoms with Crippen LogP contribution in [0.2, 0.25) is 0 Å². The Labute approximate surface area is 144 Å². The van der Waals surface area contributed by atoms with Gasteiger partial charge in [-0.2, -0.15) is 0 Å². The summed E-state index contributed by atoms with van der Waals surface area (Å²) < 4.78 is 27.0. The molecule has 0 bridgehead atoms. The van der Waals surface area contributed by atoms with E-state index in [9.17, 15) is 10.2 Å². The van der Waals surface area contributed by atoms with Crippen LogP contribution in [0.25, 0.3) is 0 Å². The molecule has 7 nitrogen and oxygen atoms in total. The Hall–Kier alpha value is -2.64. The fraction of sp³-hybridized carbons (Fsp3) is 0.333. The average Bonchev–Trinajstić information content (AvgIpc) is 3.11. The zero-order chi connectivity index (χ0) is 17.6. The lowest BCUT2D eigenvalue weighted by molar-refractivity contribution is -0.122. The van der Waals surface area contributed by atoms with Gasteiger partial charge >= 0.3 is 0 Å². The molecule has 2 aliphatic heterocycles. The van der Waals surface area contributed by atoms with E-state index >= 15 is 0 Å². The van der Waals surface area contributed by atoms with Crippen LogP contribution in [-0.2, 0) is 5.60 Å². The van der Waals surface area contributed by atoms with Gasteiger partial charge in [0.2, 0.25) is 6.79 Å². The number of benzene rings is 2. The monoisotopic (exact) mass is 346 g/mol. The molecule has 2 aliphatic rings. The second-order valence-electron chi connectivity index (χ2n) is 5.92. The predicted octanol–water partition coefficient (Wildman–Crippen LogP) is 1.75. The normalized spacial score (nSPS) is 23.6. The topological polar surface area (TPSA) is 86.6 Å². The summed E-state index contributed by atoms with van der Waals surface area (Å²) in [5, 5.41) is 22.1. The summed E-state index contributed by atoms with van der Waals surface area (Å²) in [6.45, 7) is -0.0492. The van der Waals surface area contributed by atoms with Crippen molar-refractivity contribution in [2.24, 2.45) is 0 Å². The lowest BCUT2D eigenvalue weighted by Crippen LogP contribution is -2.43. The largest absolute Gasteiger partial charge is 0.497 e. The number of hydrogen-bond acceptors (Lipinski definition) is 7. The summed E-state index contributed by atoms with van der Waals surface area (Å²) in [6, 6.07) is 8.29. The second-order valence-corrected chi connectivity index (χ2v) is 5.92. The molecular weight excluding hydrogens is 328 g/mol. The number of ether oxygens (including phenoxy) is 5. The van der Waals surface area contributed by atoms with E-state index in [2.05, 4.69) is 0 Å². The third-order valence-electron chi connectivity index (χ3n) is 4.58. The molecule has 2 aromatic rings. The molecule has 7 heteroatoms. The molecule has 2 unspecified atom stereocenters. The van der Waals surface area contributed by atoms with Crippen LogP contribution >= 0.6 is 0 Å². The molecule has 0 fully saturated rings. The van der Waals surface area contributed by atoms with Crippen molar-refractivity contribution in [3.05, 3.63) is 41.5 Å². The van der Waals surface area contributed by atoms with Crippen molar-refractivity contribution in [2.45, 2.75) is 11.7 Å². The van der Waals surface area contributed by atoms with Crippen molar-refractivity contribution < 1.29 is 33.9 Å². The Morgan fingerprint density at radius 1 is 1.00 bits per heavy atom. The third kappa shape index (κ3) is 2.35. The molecule has 0 spiro atoms. The summed E-state index contributed by atoms with van der Waals surface area (Å²) in [5.74, 6) is 2.47. The van der Waals surface area contributed by atoms with E-state index in [1.54, 1.807) is 37.4 Å². The van der Waals surface area contributed by atoms with Gasteiger partial charge in [0.25, 0.3) is 0 Å². The highest BCUT2D eigenvalue weighted by atomic mass is 16.7. The molecule has 0 saturated carbocycles. The summed E-state index contributed by atoms with van der Waals surface area (Å²) in [6.07, 6.45) is -1.21. The van der Waals surface area contributed by atoms with Gasteiger partial charge in [0.15, 0.2) is 17.1 Å². The number of methoxy groups -OCH3 is 2. The van der Waals surface area contributed by atoms with Gasteiger partial charge in [-0.05, 0) is 18.2 Å². The molecule has 0 aliphatic carbocycles. The molecule has 132 valence electrons. The molecule has 2 aromatic carbocycles. The zero-order valence-corrected chi connectivity index (χ0v) is 13.8. The maximum absolute atomic E-state index is 11.2. The van der Waals surface area contributed by atoms with Gasteiger partial charge in [-0.25, -0.2) is 0 Å². The molecule has 0 amide bonds. The Morgan fingerprint density at radius 3 is 2.48 bits per heavy atom. The summed E-state index contributed by atoms with van der Waals surface area (Å²) >= 11 is 0. The van der Waals surface area contributed by atoms with E-state index in [-0.39, 0.29) is 13.4 Å². The molecule has 4 rings (SSSR count). The summed E-state index contributed by atoms with van der Waals surface area (Å²) in [4.78, 5) is 0. The van der Waals surface area contributed by atoms with Crippen molar-refractivity contribution in [2.75, 3.05) is 27.6 Å². The number of fused-ring (bicyclic) bond motifs is 2. The standard InChI is InChI=1S/C18H18O7/c1-21-10-3-4-11-13(5-10)23-8-18(20,17(11)19)12-6-15-16(25-9-24-15)7-14(12)22-2/h3-7,17,19-20H,8-9H2,1-2H3. The minimum absolute atomic E-state index is 0.0993. The van der Waals surface area contributed by atoms with E-state index in [0.29, 0.717) is 39.9 Å². The number of hydrogen-bond donors (Lipinski definition) is 2. The van der Waals surface area contributed by atoms with Crippen LogP contribution in [0.15, 0.2) is 30.3 Å². The van der Waals surface area contributed by atoms with E-state index < -0.39 is 11.7 Å². The first kappa shape index (κ1) is 15.9. The van der Waals surface area contributed by atoms with E-state index in [1.807, 2.05) is 0 Å². The minimum atomic E-state index is -1.70. The summed E-state index contributed by atoms with van der Waals surface area (Å²) in [7, 11) is 3.04. The molecule has 2 heterocycles. The van der Waals surface area contributed by atoms with Crippen molar-refractivity contribution in [3.8, 4) is 28.7 Å². The highest BCUT2D eigenvalue weighted by Crippen LogP contribution is 2.49. The molecule has 0 radical (unpaired) electrons. The van der Waals surface area contributed by atoms with Crippen molar-refractivity contribution in [3.63, 3.8) is 0 Å². The first-order valence-corrected chi connectivity index (χ1v) is 7.76. The van der Waals surface area contributed by atoms with Gasteiger partial charge in [0.1, 0.15) is 30.0 Å². The Morgan fingerprint density at radius 2 is 1.76 bits per heavy atom. The fourth-order valence-electron chi connectivity index (χ4n) is 3.17. The first-order chi connectivity index (χ1) is 12.1. The summed E-state index contributed by atoms with van der Waals surface area (Å²) in [5.41, 5.74) is -0.865. The highest BCUT2D eigenvalue weighted by Gasteiger charge is 2.46. The number of rotatable bonds is 3. The van der Waals surface area contributed by atoms with E-state index in [4.69, 9.17) is 23.7 Å². The smallest absolute Gasteiger partial charge is 0.231 e. The van der Waals surface area contributed by atoms with Crippen LogP contribution in [0.1, 0.15) is 17.2 Å².